The average molecular weight is 270 g/mol. The van der Waals surface area contributed by atoms with Crippen LogP contribution in [0.1, 0.15) is 20.3 Å². The van der Waals surface area contributed by atoms with Gasteiger partial charge in [0, 0.05) is 19.5 Å². The summed E-state index contributed by atoms with van der Waals surface area (Å²) in [6.07, 6.45) is 2.00. The molecular weight excluding hydrogens is 252 g/mol. The fourth-order valence-corrected chi connectivity index (χ4v) is 1.33. The van der Waals surface area contributed by atoms with Gasteiger partial charge in [0.05, 0.1) is 11.0 Å². The van der Waals surface area contributed by atoms with Crippen molar-refractivity contribution in [2.75, 3.05) is 6.54 Å². The quantitative estimate of drug-likeness (QED) is 0.547. The van der Waals surface area contributed by atoms with Crippen LogP contribution in [0.5, 0.6) is 0 Å². The molecule has 0 fully saturated rings. The number of nitrogens with one attached hydrogen (secondary N) is 1. The topological polar surface area (TPSA) is 110 Å². The molecule has 0 spiro atoms. The number of carbonyl (C=O) groups excluding carboxylic acids is 1. The van der Waals surface area contributed by atoms with E-state index in [2.05, 4.69) is 10.4 Å². The summed E-state index contributed by atoms with van der Waals surface area (Å²) in [6, 6.07) is 0. The molecule has 2 N–H and O–H groups in total. The van der Waals surface area contributed by atoms with Crippen LogP contribution in [0.15, 0.2) is 12.4 Å². The molecule has 1 heterocycles. The molecule has 0 aliphatic carbocycles. The molecule has 1 amide bonds. The molecular formula is C11H18N4O4. The van der Waals surface area contributed by atoms with E-state index < -0.39 is 11.0 Å². The molecule has 1 unspecified atom stereocenters. The second-order valence-corrected chi connectivity index (χ2v) is 4.58. The standard InChI is InChI=1S/C11H18N4O4/c1-8(2)10(16)6-12-11(17)3-4-14-7-9(5-13-14)15(18)19/h5,7-8,10,16H,3-4,6H2,1-2H3,(H,12,17). The Bertz CT molecular complexity index is 444. The number of aromatic nitrogens is 2. The first-order valence-corrected chi connectivity index (χ1v) is 6.01. The van der Waals surface area contributed by atoms with E-state index >= 15 is 0 Å². The van der Waals surface area contributed by atoms with Gasteiger partial charge in [0.25, 0.3) is 0 Å². The summed E-state index contributed by atoms with van der Waals surface area (Å²) in [7, 11) is 0. The van der Waals surface area contributed by atoms with Gasteiger partial charge in [-0.3, -0.25) is 19.6 Å². The van der Waals surface area contributed by atoms with E-state index in [0.717, 1.165) is 6.20 Å². The number of rotatable bonds is 7. The highest BCUT2D eigenvalue weighted by Gasteiger charge is 2.12. The minimum Gasteiger partial charge on any atom is -0.391 e. The van der Waals surface area contributed by atoms with Crippen molar-refractivity contribution >= 4 is 11.6 Å². The van der Waals surface area contributed by atoms with Crippen LogP contribution in [0, 0.1) is 16.0 Å². The molecule has 19 heavy (non-hydrogen) atoms. The molecule has 0 aromatic carbocycles. The number of hydrogen-bond donors (Lipinski definition) is 2. The Morgan fingerprint density at radius 3 is 2.84 bits per heavy atom. The number of nitro groups is 1. The van der Waals surface area contributed by atoms with Crippen LogP contribution < -0.4 is 5.32 Å². The fraction of sp³-hybridized carbons (Fsp3) is 0.636. The van der Waals surface area contributed by atoms with Crippen molar-refractivity contribution in [3.8, 4) is 0 Å². The monoisotopic (exact) mass is 270 g/mol. The van der Waals surface area contributed by atoms with Crippen LogP contribution in [0.2, 0.25) is 0 Å². The fourth-order valence-electron chi connectivity index (χ4n) is 1.33. The van der Waals surface area contributed by atoms with Crippen LogP contribution in [0.4, 0.5) is 5.69 Å². The van der Waals surface area contributed by atoms with Crippen molar-refractivity contribution < 1.29 is 14.8 Å². The van der Waals surface area contributed by atoms with E-state index in [1.807, 2.05) is 13.8 Å². The first kappa shape index (κ1) is 15.1. The lowest BCUT2D eigenvalue weighted by Gasteiger charge is -2.14. The number of aryl methyl sites for hydroxylation is 1. The lowest BCUT2D eigenvalue weighted by molar-refractivity contribution is -0.385. The number of amides is 1. The molecule has 8 heteroatoms. The number of nitrogens with zero attached hydrogens (tertiary/aromatic N) is 3. The molecule has 0 saturated heterocycles. The summed E-state index contributed by atoms with van der Waals surface area (Å²) in [5.41, 5.74) is -0.101. The largest absolute Gasteiger partial charge is 0.391 e. The molecule has 0 aliphatic rings. The second kappa shape index (κ2) is 6.83. The Labute approximate surface area is 110 Å². The highest BCUT2D eigenvalue weighted by atomic mass is 16.6. The molecule has 106 valence electrons. The summed E-state index contributed by atoms with van der Waals surface area (Å²) < 4.78 is 1.34. The summed E-state index contributed by atoms with van der Waals surface area (Å²) in [5, 5.41) is 26.3. The summed E-state index contributed by atoms with van der Waals surface area (Å²) >= 11 is 0. The Kier molecular flexibility index (Phi) is 5.43. The van der Waals surface area contributed by atoms with Gasteiger partial charge < -0.3 is 10.4 Å². The Hall–Kier alpha value is -1.96. The molecule has 1 aromatic heterocycles. The number of carbonyl (C=O) groups is 1. The van der Waals surface area contributed by atoms with Crippen molar-refractivity contribution in [2.24, 2.45) is 5.92 Å². The molecule has 0 saturated carbocycles. The lowest BCUT2D eigenvalue weighted by atomic mass is 10.1. The van der Waals surface area contributed by atoms with Crippen LogP contribution in [-0.4, -0.2) is 38.4 Å². The van der Waals surface area contributed by atoms with Gasteiger partial charge >= 0.3 is 5.69 Å². The van der Waals surface area contributed by atoms with Gasteiger partial charge in [-0.1, -0.05) is 13.8 Å². The minimum absolute atomic E-state index is 0.0778. The Balaban J connectivity index is 2.31. The maximum atomic E-state index is 11.5. The predicted molar refractivity (Wildman–Crippen MR) is 67.4 cm³/mol. The van der Waals surface area contributed by atoms with Crippen LogP contribution in [0.25, 0.3) is 0 Å². The molecule has 8 nitrogen and oxygen atoms in total. The zero-order valence-corrected chi connectivity index (χ0v) is 10.9. The molecule has 1 rings (SSSR count). The van der Waals surface area contributed by atoms with E-state index in [-0.39, 0.29) is 37.0 Å². The molecule has 0 bridgehead atoms. The third-order valence-corrected chi connectivity index (χ3v) is 2.68. The highest BCUT2D eigenvalue weighted by Crippen LogP contribution is 2.07. The van der Waals surface area contributed by atoms with E-state index in [9.17, 15) is 20.0 Å². The van der Waals surface area contributed by atoms with E-state index in [0.29, 0.717) is 0 Å². The van der Waals surface area contributed by atoms with E-state index in [1.54, 1.807) is 0 Å². The van der Waals surface area contributed by atoms with Crippen molar-refractivity contribution in [3.05, 3.63) is 22.5 Å². The van der Waals surface area contributed by atoms with Crippen LogP contribution in [0.3, 0.4) is 0 Å². The zero-order chi connectivity index (χ0) is 14.4. The molecule has 0 aliphatic heterocycles. The van der Waals surface area contributed by atoms with Crippen LogP contribution >= 0.6 is 0 Å². The maximum absolute atomic E-state index is 11.5. The highest BCUT2D eigenvalue weighted by molar-refractivity contribution is 5.75. The summed E-state index contributed by atoms with van der Waals surface area (Å²) in [5.74, 6) is -0.146. The normalized spacial score (nSPS) is 12.4. The predicted octanol–water partition coefficient (Wildman–Crippen LogP) is 0.314. The minimum atomic E-state index is -0.574. The van der Waals surface area contributed by atoms with E-state index in [1.165, 1.54) is 10.9 Å². The third kappa shape index (κ3) is 5.04. The SMILES string of the molecule is CC(C)C(O)CNC(=O)CCn1cc([N+](=O)[O-])cn1. The first-order valence-electron chi connectivity index (χ1n) is 6.01. The van der Waals surface area contributed by atoms with Gasteiger partial charge in [0.2, 0.25) is 5.91 Å². The number of hydrogen-bond acceptors (Lipinski definition) is 5. The van der Waals surface area contributed by atoms with Crippen molar-refractivity contribution in [2.45, 2.75) is 32.9 Å². The maximum Gasteiger partial charge on any atom is 0.306 e. The Morgan fingerprint density at radius 2 is 2.32 bits per heavy atom. The van der Waals surface area contributed by atoms with Crippen LogP contribution in [-0.2, 0) is 11.3 Å². The number of aliphatic hydroxyl groups excluding tert-OH is 1. The first-order chi connectivity index (χ1) is 8.90. The molecule has 1 aromatic rings. The average Bonchev–Trinajstić information content (AvgIpc) is 2.82. The zero-order valence-electron chi connectivity index (χ0n) is 10.9. The lowest BCUT2D eigenvalue weighted by Crippen LogP contribution is -2.35. The summed E-state index contributed by atoms with van der Waals surface area (Å²) in [4.78, 5) is 21.4. The number of aliphatic hydroxyl groups is 1. The van der Waals surface area contributed by atoms with Crippen molar-refractivity contribution in [1.82, 2.24) is 15.1 Å². The second-order valence-electron chi connectivity index (χ2n) is 4.58. The Morgan fingerprint density at radius 1 is 1.63 bits per heavy atom. The summed E-state index contributed by atoms with van der Waals surface area (Å²) in [6.45, 7) is 4.19. The van der Waals surface area contributed by atoms with Crippen molar-refractivity contribution in [1.29, 1.82) is 0 Å². The smallest absolute Gasteiger partial charge is 0.306 e. The van der Waals surface area contributed by atoms with Gasteiger partial charge in [-0.25, -0.2) is 0 Å². The van der Waals surface area contributed by atoms with E-state index in [4.69, 9.17) is 0 Å². The molecule has 1 atom stereocenters. The van der Waals surface area contributed by atoms with Gasteiger partial charge in [-0.15, -0.1) is 0 Å². The van der Waals surface area contributed by atoms with Gasteiger partial charge in [-0.2, -0.15) is 5.10 Å². The van der Waals surface area contributed by atoms with Gasteiger partial charge in [0.15, 0.2) is 0 Å². The van der Waals surface area contributed by atoms with Gasteiger partial charge in [-0.05, 0) is 5.92 Å². The molecule has 0 radical (unpaired) electrons. The third-order valence-electron chi connectivity index (χ3n) is 2.68. The van der Waals surface area contributed by atoms with Crippen molar-refractivity contribution in [3.63, 3.8) is 0 Å². The van der Waals surface area contributed by atoms with Gasteiger partial charge in [0.1, 0.15) is 12.4 Å².